The van der Waals surface area contributed by atoms with Gasteiger partial charge in [0.1, 0.15) is 0 Å². The van der Waals surface area contributed by atoms with E-state index in [-0.39, 0.29) is 0 Å². The molecular formula is C7H15IOSi. The molecule has 0 aliphatic heterocycles. The molecule has 0 aromatic heterocycles. The highest BCUT2D eigenvalue weighted by Crippen LogP contribution is 2.03. The zero-order chi connectivity index (χ0) is 8.04. The maximum absolute atomic E-state index is 5.49. The third-order valence-electron chi connectivity index (χ3n) is 0.794. The van der Waals surface area contributed by atoms with Crippen molar-refractivity contribution in [2.45, 2.75) is 26.1 Å². The van der Waals surface area contributed by atoms with E-state index in [9.17, 15) is 0 Å². The summed E-state index contributed by atoms with van der Waals surface area (Å²) in [4.78, 5) is 0. The zero-order valence-electron chi connectivity index (χ0n) is 6.86. The summed E-state index contributed by atoms with van der Waals surface area (Å²) < 4.78 is 6.66. The number of alkyl halides is 1. The lowest BCUT2D eigenvalue weighted by atomic mass is 10.5. The van der Waals surface area contributed by atoms with Gasteiger partial charge in [-0.1, -0.05) is 28.7 Å². The van der Waals surface area contributed by atoms with Crippen molar-refractivity contribution in [3.05, 3.63) is 12.3 Å². The van der Waals surface area contributed by atoms with E-state index < -0.39 is 8.32 Å². The SMILES string of the molecule is C[Si](C)(C)O/C=C\CCI. The Bertz CT molecular complexity index is 107. The molecule has 0 saturated carbocycles. The number of hydrogen-bond donors (Lipinski definition) is 0. The van der Waals surface area contributed by atoms with Crippen LogP contribution in [0.15, 0.2) is 12.3 Å². The van der Waals surface area contributed by atoms with Gasteiger partial charge in [0.25, 0.3) is 0 Å². The summed E-state index contributed by atoms with van der Waals surface area (Å²) in [5, 5.41) is 0. The van der Waals surface area contributed by atoms with Gasteiger partial charge >= 0.3 is 0 Å². The maximum Gasteiger partial charge on any atom is 0.241 e. The topological polar surface area (TPSA) is 9.23 Å². The van der Waals surface area contributed by atoms with Crippen LogP contribution in [0, 0.1) is 0 Å². The van der Waals surface area contributed by atoms with Crippen molar-refractivity contribution in [2.24, 2.45) is 0 Å². The van der Waals surface area contributed by atoms with Gasteiger partial charge in [0.2, 0.25) is 8.32 Å². The van der Waals surface area contributed by atoms with Crippen molar-refractivity contribution in [3.63, 3.8) is 0 Å². The van der Waals surface area contributed by atoms with Crippen LogP contribution in [0.5, 0.6) is 0 Å². The monoisotopic (exact) mass is 270 g/mol. The Hall–Kier alpha value is 0.487. The molecule has 0 fully saturated rings. The highest BCUT2D eigenvalue weighted by molar-refractivity contribution is 14.1. The number of hydrogen-bond acceptors (Lipinski definition) is 1. The third kappa shape index (κ3) is 8.49. The van der Waals surface area contributed by atoms with Crippen molar-refractivity contribution < 1.29 is 4.43 Å². The van der Waals surface area contributed by atoms with Gasteiger partial charge in [-0.05, 0) is 26.1 Å². The van der Waals surface area contributed by atoms with Crippen molar-refractivity contribution in [1.29, 1.82) is 0 Å². The van der Waals surface area contributed by atoms with E-state index in [4.69, 9.17) is 4.43 Å². The molecule has 0 aliphatic carbocycles. The van der Waals surface area contributed by atoms with E-state index in [2.05, 4.69) is 48.3 Å². The molecule has 0 aromatic carbocycles. The molecule has 0 bridgehead atoms. The van der Waals surface area contributed by atoms with Crippen LogP contribution in [0.25, 0.3) is 0 Å². The van der Waals surface area contributed by atoms with Crippen LogP contribution in [0.4, 0.5) is 0 Å². The summed E-state index contributed by atoms with van der Waals surface area (Å²) in [6, 6.07) is 0. The summed E-state index contributed by atoms with van der Waals surface area (Å²) in [6.45, 7) is 6.55. The summed E-state index contributed by atoms with van der Waals surface area (Å²) in [5.74, 6) is 0. The van der Waals surface area contributed by atoms with E-state index >= 15 is 0 Å². The average molecular weight is 270 g/mol. The molecule has 0 aliphatic rings. The van der Waals surface area contributed by atoms with Crippen molar-refractivity contribution in [1.82, 2.24) is 0 Å². The molecule has 0 atom stereocenters. The zero-order valence-corrected chi connectivity index (χ0v) is 10.0. The Balaban J connectivity index is 3.34. The summed E-state index contributed by atoms with van der Waals surface area (Å²) >= 11 is 2.35. The summed E-state index contributed by atoms with van der Waals surface area (Å²) in [5.41, 5.74) is 0. The first-order valence-corrected chi connectivity index (χ1v) is 8.38. The lowest BCUT2D eigenvalue weighted by molar-refractivity contribution is 0.477. The molecule has 0 unspecified atom stereocenters. The fourth-order valence-electron chi connectivity index (χ4n) is 0.383. The van der Waals surface area contributed by atoms with E-state index in [1.165, 1.54) is 4.43 Å². The van der Waals surface area contributed by atoms with E-state index in [1.807, 2.05) is 6.26 Å². The fourth-order valence-corrected chi connectivity index (χ4v) is 1.25. The molecule has 0 radical (unpaired) electrons. The molecule has 1 nitrogen and oxygen atoms in total. The number of allylic oxidation sites excluding steroid dienone is 1. The van der Waals surface area contributed by atoms with Crippen LogP contribution < -0.4 is 0 Å². The fraction of sp³-hybridized carbons (Fsp3) is 0.714. The van der Waals surface area contributed by atoms with Gasteiger partial charge in [0.15, 0.2) is 0 Å². The van der Waals surface area contributed by atoms with Crippen molar-refractivity contribution in [2.75, 3.05) is 4.43 Å². The first kappa shape index (κ1) is 10.5. The second kappa shape index (κ2) is 5.18. The minimum absolute atomic E-state index is 1.12. The molecule has 0 aromatic rings. The van der Waals surface area contributed by atoms with Gasteiger partial charge in [-0.3, -0.25) is 0 Å². The second-order valence-electron chi connectivity index (χ2n) is 3.08. The van der Waals surface area contributed by atoms with Gasteiger partial charge in [0, 0.05) is 4.43 Å². The first-order chi connectivity index (χ1) is 4.56. The average Bonchev–Trinajstić information content (AvgIpc) is 1.78. The van der Waals surface area contributed by atoms with Crippen molar-refractivity contribution >= 4 is 30.9 Å². The molecule has 10 heavy (non-hydrogen) atoms. The van der Waals surface area contributed by atoms with Gasteiger partial charge in [0.05, 0.1) is 6.26 Å². The number of rotatable bonds is 4. The summed E-state index contributed by atoms with van der Waals surface area (Å²) in [7, 11) is -1.30. The van der Waals surface area contributed by atoms with Crippen LogP contribution >= 0.6 is 22.6 Å². The van der Waals surface area contributed by atoms with Crippen LogP contribution in [0.2, 0.25) is 19.6 Å². The lowest BCUT2D eigenvalue weighted by Crippen LogP contribution is -2.21. The Morgan fingerprint density at radius 3 is 2.40 bits per heavy atom. The molecule has 0 saturated heterocycles. The highest BCUT2D eigenvalue weighted by Gasteiger charge is 2.12. The Morgan fingerprint density at radius 1 is 1.40 bits per heavy atom. The molecular weight excluding hydrogens is 255 g/mol. The van der Waals surface area contributed by atoms with Crippen LogP contribution in [0.1, 0.15) is 6.42 Å². The molecule has 0 amide bonds. The van der Waals surface area contributed by atoms with Gasteiger partial charge < -0.3 is 4.43 Å². The van der Waals surface area contributed by atoms with E-state index in [1.54, 1.807) is 0 Å². The molecule has 0 spiro atoms. The minimum Gasteiger partial charge on any atom is -0.550 e. The van der Waals surface area contributed by atoms with Crippen LogP contribution in [-0.2, 0) is 4.43 Å². The molecule has 0 heterocycles. The molecule has 3 heteroatoms. The molecule has 0 N–H and O–H groups in total. The third-order valence-corrected chi connectivity index (χ3v) is 2.26. The second-order valence-corrected chi connectivity index (χ2v) is 8.62. The van der Waals surface area contributed by atoms with E-state index in [0.717, 1.165) is 6.42 Å². The van der Waals surface area contributed by atoms with Crippen LogP contribution in [-0.4, -0.2) is 12.7 Å². The smallest absolute Gasteiger partial charge is 0.241 e. The highest BCUT2D eigenvalue weighted by atomic mass is 127. The summed E-state index contributed by atoms with van der Waals surface area (Å²) in [6.07, 6.45) is 5.06. The number of halogens is 1. The largest absolute Gasteiger partial charge is 0.550 e. The van der Waals surface area contributed by atoms with E-state index in [0.29, 0.717) is 0 Å². The lowest BCUT2D eigenvalue weighted by Gasteiger charge is -2.14. The van der Waals surface area contributed by atoms with Crippen molar-refractivity contribution in [3.8, 4) is 0 Å². The quantitative estimate of drug-likeness (QED) is 0.330. The Kier molecular flexibility index (Phi) is 5.43. The predicted molar refractivity (Wildman–Crippen MR) is 57.1 cm³/mol. The van der Waals surface area contributed by atoms with Crippen LogP contribution in [0.3, 0.4) is 0 Å². The first-order valence-electron chi connectivity index (χ1n) is 3.45. The predicted octanol–water partition coefficient (Wildman–Crippen LogP) is 3.18. The standard InChI is InChI=1S/C7H15IOSi/c1-10(2,3)9-7-5-4-6-8/h5,7H,4,6H2,1-3H3/b7-5-. The Labute approximate surface area is 78.1 Å². The van der Waals surface area contributed by atoms with Gasteiger partial charge in [-0.2, -0.15) is 0 Å². The maximum atomic E-state index is 5.49. The van der Waals surface area contributed by atoms with Gasteiger partial charge in [-0.15, -0.1) is 0 Å². The normalized spacial score (nSPS) is 12.4. The minimum atomic E-state index is -1.30. The van der Waals surface area contributed by atoms with Gasteiger partial charge in [-0.25, -0.2) is 0 Å². The molecule has 0 rings (SSSR count). The molecule has 60 valence electrons. The Morgan fingerprint density at radius 2 is 2.00 bits per heavy atom.